The maximum atomic E-state index is 5.84. The quantitative estimate of drug-likeness (QED) is 0.825. The summed E-state index contributed by atoms with van der Waals surface area (Å²) in [5.74, 6) is 0. The second-order valence-electron chi connectivity index (χ2n) is 4.35. The van der Waals surface area contributed by atoms with Gasteiger partial charge < -0.3 is 10.6 Å². The Balaban J connectivity index is 2.24. The molecule has 0 aliphatic heterocycles. The molecule has 0 saturated carbocycles. The van der Waals surface area contributed by atoms with Crippen LogP contribution in [0.4, 0.5) is 11.4 Å². The van der Waals surface area contributed by atoms with E-state index in [-0.39, 0.29) is 0 Å². The summed E-state index contributed by atoms with van der Waals surface area (Å²) < 4.78 is 0. The Morgan fingerprint density at radius 3 is 2.56 bits per heavy atom. The average molecular weight is 238 g/mol. The van der Waals surface area contributed by atoms with E-state index in [2.05, 4.69) is 30.7 Å². The van der Waals surface area contributed by atoms with Crippen LogP contribution < -0.4 is 10.6 Å². The third kappa shape index (κ3) is 2.72. The van der Waals surface area contributed by atoms with E-state index in [0.717, 1.165) is 17.8 Å². The minimum absolute atomic E-state index is 0.789. The largest absolute Gasteiger partial charge is 0.399 e. The van der Waals surface area contributed by atoms with Crippen molar-refractivity contribution < 1.29 is 0 Å². The van der Waals surface area contributed by atoms with Crippen LogP contribution in [-0.4, -0.2) is 7.05 Å². The van der Waals surface area contributed by atoms with Crippen LogP contribution in [0.5, 0.6) is 0 Å². The van der Waals surface area contributed by atoms with Crippen molar-refractivity contribution in [2.75, 3.05) is 17.7 Å². The smallest absolute Gasteiger partial charge is 0.0432 e. The van der Waals surface area contributed by atoms with Crippen LogP contribution in [0.3, 0.4) is 0 Å². The van der Waals surface area contributed by atoms with Crippen molar-refractivity contribution >= 4 is 17.5 Å². The fraction of sp³-hybridized carbons (Fsp3) is 0.125. The van der Waals surface area contributed by atoms with E-state index in [4.69, 9.17) is 5.73 Å². The summed E-state index contributed by atoms with van der Waals surface area (Å²) in [6, 6.07) is 16.2. The number of para-hydroxylation sites is 1. The Hall–Kier alpha value is -2.22. The molecule has 0 aromatic heterocycles. The summed E-state index contributed by atoms with van der Waals surface area (Å²) in [5.41, 5.74) is 10.1. The molecule has 2 rings (SSSR count). The third-order valence-electron chi connectivity index (χ3n) is 2.99. The van der Waals surface area contributed by atoms with Gasteiger partial charge in [-0.3, -0.25) is 0 Å². The summed E-state index contributed by atoms with van der Waals surface area (Å²) in [4.78, 5) is 2.20. The highest BCUT2D eigenvalue weighted by Crippen LogP contribution is 2.20. The molecule has 0 aliphatic rings. The lowest BCUT2D eigenvalue weighted by Gasteiger charge is -2.20. The third-order valence-corrected chi connectivity index (χ3v) is 2.99. The van der Waals surface area contributed by atoms with Crippen LogP contribution in [0, 0.1) is 0 Å². The summed E-state index contributed by atoms with van der Waals surface area (Å²) in [5, 5.41) is 0. The van der Waals surface area contributed by atoms with Gasteiger partial charge >= 0.3 is 0 Å². The van der Waals surface area contributed by atoms with Gasteiger partial charge in [-0.15, -0.1) is 0 Å². The zero-order valence-corrected chi connectivity index (χ0v) is 10.6. The number of hydrogen-bond donors (Lipinski definition) is 1. The van der Waals surface area contributed by atoms with Gasteiger partial charge in [-0.05, 0) is 35.4 Å². The fourth-order valence-corrected chi connectivity index (χ4v) is 1.99. The lowest BCUT2D eigenvalue weighted by molar-refractivity contribution is 0.921. The molecule has 2 N–H and O–H groups in total. The maximum Gasteiger partial charge on any atom is 0.0432 e. The summed E-state index contributed by atoms with van der Waals surface area (Å²) in [6.07, 6.45) is 1.87. The van der Waals surface area contributed by atoms with Crippen LogP contribution in [0.2, 0.25) is 0 Å². The van der Waals surface area contributed by atoms with Crippen LogP contribution in [-0.2, 0) is 6.54 Å². The fourth-order valence-electron chi connectivity index (χ4n) is 1.99. The minimum atomic E-state index is 0.789. The normalized spacial score (nSPS) is 10.1. The molecule has 2 nitrogen and oxygen atoms in total. The lowest BCUT2D eigenvalue weighted by Crippen LogP contribution is -2.17. The van der Waals surface area contributed by atoms with Crippen molar-refractivity contribution in [1.29, 1.82) is 0 Å². The predicted octanol–water partition coefficient (Wildman–Crippen LogP) is 3.55. The Kier molecular flexibility index (Phi) is 3.68. The lowest BCUT2D eigenvalue weighted by atomic mass is 10.1. The number of nitrogen functional groups attached to an aromatic ring is 1. The summed E-state index contributed by atoms with van der Waals surface area (Å²) in [6.45, 7) is 4.66. The topological polar surface area (TPSA) is 29.3 Å². The van der Waals surface area contributed by atoms with Gasteiger partial charge in [0.15, 0.2) is 0 Å². The molecule has 18 heavy (non-hydrogen) atoms. The van der Waals surface area contributed by atoms with Gasteiger partial charge in [0.1, 0.15) is 0 Å². The van der Waals surface area contributed by atoms with Gasteiger partial charge in [-0.25, -0.2) is 0 Å². The summed E-state index contributed by atoms with van der Waals surface area (Å²) in [7, 11) is 2.07. The van der Waals surface area contributed by atoms with E-state index < -0.39 is 0 Å². The molecule has 0 atom stereocenters. The van der Waals surface area contributed by atoms with E-state index >= 15 is 0 Å². The van der Waals surface area contributed by atoms with Crippen molar-refractivity contribution in [2.24, 2.45) is 0 Å². The van der Waals surface area contributed by atoms with Crippen LogP contribution in [0.25, 0.3) is 6.08 Å². The monoisotopic (exact) mass is 238 g/mol. The average Bonchev–Trinajstić information content (AvgIpc) is 2.40. The number of nitrogens with zero attached hydrogens (tertiary/aromatic N) is 1. The van der Waals surface area contributed by atoms with Crippen molar-refractivity contribution in [3.05, 3.63) is 66.2 Å². The second-order valence-corrected chi connectivity index (χ2v) is 4.35. The molecule has 92 valence electrons. The first kappa shape index (κ1) is 12.2. The molecule has 2 heteroatoms. The van der Waals surface area contributed by atoms with Crippen molar-refractivity contribution in [3.8, 4) is 0 Å². The van der Waals surface area contributed by atoms with E-state index in [0.29, 0.717) is 0 Å². The first-order chi connectivity index (χ1) is 8.70. The maximum absolute atomic E-state index is 5.84. The minimum Gasteiger partial charge on any atom is -0.399 e. The van der Waals surface area contributed by atoms with Crippen molar-refractivity contribution in [1.82, 2.24) is 0 Å². The Morgan fingerprint density at radius 2 is 1.89 bits per heavy atom. The highest BCUT2D eigenvalue weighted by molar-refractivity contribution is 5.58. The van der Waals surface area contributed by atoms with Gasteiger partial charge in [-0.2, -0.15) is 0 Å². The van der Waals surface area contributed by atoms with Gasteiger partial charge in [0.25, 0.3) is 0 Å². The highest BCUT2D eigenvalue weighted by atomic mass is 15.1. The first-order valence-electron chi connectivity index (χ1n) is 5.97. The van der Waals surface area contributed by atoms with Crippen LogP contribution in [0.1, 0.15) is 11.1 Å². The van der Waals surface area contributed by atoms with Crippen molar-refractivity contribution in [3.63, 3.8) is 0 Å². The molecule has 2 aromatic carbocycles. The molecule has 2 aromatic rings. The first-order valence-corrected chi connectivity index (χ1v) is 5.97. The summed E-state index contributed by atoms with van der Waals surface area (Å²) >= 11 is 0. The molecule has 0 spiro atoms. The zero-order valence-electron chi connectivity index (χ0n) is 10.6. The Morgan fingerprint density at radius 1 is 1.17 bits per heavy atom. The predicted molar refractivity (Wildman–Crippen MR) is 79.5 cm³/mol. The molecule has 0 aliphatic carbocycles. The van der Waals surface area contributed by atoms with E-state index in [1.54, 1.807) is 0 Å². The Labute approximate surface area is 108 Å². The molecule has 0 unspecified atom stereocenters. The molecule has 0 amide bonds. The van der Waals surface area contributed by atoms with E-state index in [1.807, 2.05) is 42.5 Å². The Bertz CT molecular complexity index is 532. The standard InChI is InChI=1S/C16H18N2/c1-3-13-9-10-15(17)11-14(13)12-18(2)16-7-5-4-6-8-16/h3-11H,1,12,17H2,2H3. The molecule has 0 saturated heterocycles. The number of benzene rings is 2. The van der Waals surface area contributed by atoms with Crippen LogP contribution >= 0.6 is 0 Å². The zero-order chi connectivity index (χ0) is 13.0. The molecule has 0 bridgehead atoms. The van der Waals surface area contributed by atoms with Gasteiger partial charge in [0.05, 0.1) is 0 Å². The van der Waals surface area contributed by atoms with Crippen LogP contribution in [0.15, 0.2) is 55.1 Å². The molecule has 0 heterocycles. The molecule has 0 radical (unpaired) electrons. The van der Waals surface area contributed by atoms with Crippen molar-refractivity contribution in [2.45, 2.75) is 6.54 Å². The SMILES string of the molecule is C=Cc1ccc(N)cc1CN(C)c1ccccc1. The van der Waals surface area contributed by atoms with Gasteiger partial charge in [-0.1, -0.05) is 36.9 Å². The number of nitrogens with two attached hydrogens (primary N) is 1. The number of anilines is 2. The highest BCUT2D eigenvalue weighted by Gasteiger charge is 2.05. The molecule has 0 fully saturated rings. The number of rotatable bonds is 4. The second kappa shape index (κ2) is 5.41. The van der Waals surface area contributed by atoms with Gasteiger partial charge in [0.2, 0.25) is 0 Å². The van der Waals surface area contributed by atoms with Gasteiger partial charge in [0, 0.05) is 25.0 Å². The number of hydrogen-bond acceptors (Lipinski definition) is 2. The molecular formula is C16H18N2. The molecular weight excluding hydrogens is 220 g/mol. The van der Waals surface area contributed by atoms with E-state index in [9.17, 15) is 0 Å². The van der Waals surface area contributed by atoms with E-state index in [1.165, 1.54) is 11.3 Å².